The van der Waals surface area contributed by atoms with Gasteiger partial charge in [0.1, 0.15) is 0 Å². The van der Waals surface area contributed by atoms with E-state index >= 15 is 0 Å². The molecule has 1 aliphatic heterocycles. The number of esters is 1. The SMILES string of the molecule is CC1CCN(S(=O)(=O)c2ccc(C(=O)OCC(=O)c3ccccc3Br)cc2)CC1. The number of piperidine rings is 1. The number of hydrogen-bond acceptors (Lipinski definition) is 5. The lowest BCUT2D eigenvalue weighted by Crippen LogP contribution is -2.37. The lowest BCUT2D eigenvalue weighted by molar-refractivity contribution is 0.0474. The molecule has 2 aromatic rings. The number of sulfonamides is 1. The number of carbonyl (C=O) groups excluding carboxylic acids is 2. The molecular weight excluding hydrogens is 458 g/mol. The number of Topliss-reactive ketones (excluding diaryl/α,β-unsaturated/α-hetero) is 1. The highest BCUT2D eigenvalue weighted by Gasteiger charge is 2.28. The van der Waals surface area contributed by atoms with Crippen molar-refractivity contribution < 1.29 is 22.7 Å². The Hall–Kier alpha value is -2.03. The predicted molar refractivity (Wildman–Crippen MR) is 112 cm³/mol. The molecule has 8 heteroatoms. The van der Waals surface area contributed by atoms with E-state index in [1.54, 1.807) is 24.3 Å². The molecule has 3 rings (SSSR count). The molecule has 1 aliphatic rings. The highest BCUT2D eigenvalue weighted by Crippen LogP contribution is 2.24. The summed E-state index contributed by atoms with van der Waals surface area (Å²) >= 11 is 3.29. The van der Waals surface area contributed by atoms with Crippen LogP contribution in [0.2, 0.25) is 0 Å². The van der Waals surface area contributed by atoms with E-state index in [0.717, 1.165) is 12.8 Å². The van der Waals surface area contributed by atoms with E-state index < -0.39 is 22.6 Å². The summed E-state index contributed by atoms with van der Waals surface area (Å²) in [5, 5.41) is 0. The maximum Gasteiger partial charge on any atom is 0.338 e. The minimum absolute atomic E-state index is 0.146. The van der Waals surface area contributed by atoms with Crippen molar-refractivity contribution in [2.75, 3.05) is 19.7 Å². The molecule has 0 aliphatic carbocycles. The number of benzene rings is 2. The van der Waals surface area contributed by atoms with Crippen molar-refractivity contribution in [1.29, 1.82) is 0 Å². The zero-order chi connectivity index (χ0) is 21.0. The Morgan fingerprint density at radius 2 is 1.69 bits per heavy atom. The lowest BCUT2D eigenvalue weighted by Gasteiger charge is -2.29. The van der Waals surface area contributed by atoms with Crippen LogP contribution in [0.3, 0.4) is 0 Å². The average molecular weight is 480 g/mol. The van der Waals surface area contributed by atoms with E-state index in [1.165, 1.54) is 28.6 Å². The molecule has 0 atom stereocenters. The third-order valence-corrected chi connectivity index (χ3v) is 7.58. The molecule has 0 bridgehead atoms. The molecule has 1 fully saturated rings. The first-order valence-corrected chi connectivity index (χ1v) is 11.6. The normalized spacial score (nSPS) is 15.8. The quantitative estimate of drug-likeness (QED) is 0.463. The largest absolute Gasteiger partial charge is 0.454 e. The predicted octanol–water partition coefficient (Wildman–Crippen LogP) is 3.91. The second-order valence-corrected chi connectivity index (χ2v) is 9.88. The van der Waals surface area contributed by atoms with Crippen molar-refractivity contribution in [3.8, 4) is 0 Å². The van der Waals surface area contributed by atoms with E-state index in [2.05, 4.69) is 22.9 Å². The summed E-state index contributed by atoms with van der Waals surface area (Å²) in [5.74, 6) is -0.483. The van der Waals surface area contributed by atoms with Gasteiger partial charge in [-0.3, -0.25) is 4.79 Å². The molecular formula is C21H22BrNO5S. The minimum Gasteiger partial charge on any atom is -0.454 e. The van der Waals surface area contributed by atoms with E-state index in [-0.39, 0.29) is 16.2 Å². The van der Waals surface area contributed by atoms with Gasteiger partial charge in [0.05, 0.1) is 10.5 Å². The number of nitrogens with zero attached hydrogens (tertiary/aromatic N) is 1. The van der Waals surface area contributed by atoms with Gasteiger partial charge in [0, 0.05) is 23.1 Å². The fraction of sp³-hybridized carbons (Fsp3) is 0.333. The molecule has 2 aromatic carbocycles. The Kier molecular flexibility index (Phi) is 6.87. The maximum absolute atomic E-state index is 12.7. The maximum atomic E-state index is 12.7. The van der Waals surface area contributed by atoms with Crippen molar-refractivity contribution in [1.82, 2.24) is 4.31 Å². The van der Waals surface area contributed by atoms with Crippen LogP contribution in [0.1, 0.15) is 40.5 Å². The molecule has 29 heavy (non-hydrogen) atoms. The first-order chi connectivity index (χ1) is 13.8. The van der Waals surface area contributed by atoms with Crippen LogP contribution in [-0.2, 0) is 14.8 Å². The van der Waals surface area contributed by atoms with Gasteiger partial charge in [0.15, 0.2) is 6.61 Å². The molecule has 1 saturated heterocycles. The highest BCUT2D eigenvalue weighted by atomic mass is 79.9. The third kappa shape index (κ3) is 5.12. The van der Waals surface area contributed by atoms with Crippen molar-refractivity contribution >= 4 is 37.7 Å². The van der Waals surface area contributed by atoms with Crippen molar-refractivity contribution in [2.24, 2.45) is 5.92 Å². The summed E-state index contributed by atoms with van der Waals surface area (Å²) in [7, 11) is -3.57. The van der Waals surface area contributed by atoms with Gasteiger partial charge in [0.25, 0.3) is 0 Å². The van der Waals surface area contributed by atoms with Crippen LogP contribution in [0.4, 0.5) is 0 Å². The summed E-state index contributed by atoms with van der Waals surface area (Å²) in [6.07, 6.45) is 1.68. The highest BCUT2D eigenvalue weighted by molar-refractivity contribution is 9.10. The van der Waals surface area contributed by atoms with Crippen molar-refractivity contribution in [2.45, 2.75) is 24.7 Å². The average Bonchev–Trinajstić information content (AvgIpc) is 2.72. The Morgan fingerprint density at radius 1 is 1.07 bits per heavy atom. The van der Waals surface area contributed by atoms with Gasteiger partial charge in [0.2, 0.25) is 15.8 Å². The molecule has 154 valence electrons. The Labute approximate surface area is 179 Å². The van der Waals surface area contributed by atoms with Gasteiger partial charge in [-0.05, 0) is 49.1 Å². The van der Waals surface area contributed by atoms with Crippen LogP contribution < -0.4 is 0 Å². The van der Waals surface area contributed by atoms with Crippen molar-refractivity contribution in [3.05, 3.63) is 64.1 Å². The third-order valence-electron chi connectivity index (χ3n) is 4.98. The van der Waals surface area contributed by atoms with Crippen LogP contribution >= 0.6 is 15.9 Å². The van der Waals surface area contributed by atoms with Gasteiger partial charge in [-0.2, -0.15) is 4.31 Å². The second kappa shape index (κ2) is 9.19. The van der Waals surface area contributed by atoms with Gasteiger partial charge in [-0.15, -0.1) is 0 Å². The Balaban J connectivity index is 1.63. The lowest BCUT2D eigenvalue weighted by atomic mass is 10.0. The molecule has 0 saturated carbocycles. The summed E-state index contributed by atoms with van der Waals surface area (Å²) in [6, 6.07) is 12.5. The first-order valence-electron chi connectivity index (χ1n) is 9.34. The topological polar surface area (TPSA) is 80.8 Å². The Morgan fingerprint density at radius 3 is 2.31 bits per heavy atom. The summed E-state index contributed by atoms with van der Waals surface area (Å²) in [6.45, 7) is 2.73. The van der Waals surface area contributed by atoms with Gasteiger partial charge >= 0.3 is 5.97 Å². The van der Waals surface area contributed by atoms with Crippen LogP contribution in [0, 0.1) is 5.92 Å². The standard InChI is InChI=1S/C21H22BrNO5S/c1-15-10-12-23(13-11-15)29(26,27)17-8-6-16(7-9-17)21(25)28-14-20(24)18-4-2-3-5-19(18)22/h2-9,15H,10-14H2,1H3. The monoisotopic (exact) mass is 479 g/mol. The number of ketones is 1. The summed E-state index contributed by atoms with van der Waals surface area (Å²) in [4.78, 5) is 24.6. The minimum atomic E-state index is -3.57. The van der Waals surface area contributed by atoms with Crippen LogP contribution in [0.15, 0.2) is 57.9 Å². The number of hydrogen-bond donors (Lipinski definition) is 0. The zero-order valence-electron chi connectivity index (χ0n) is 16.0. The molecule has 0 unspecified atom stereocenters. The van der Waals surface area contributed by atoms with Crippen LogP contribution in [-0.4, -0.2) is 44.2 Å². The van der Waals surface area contributed by atoms with Crippen LogP contribution in [0.25, 0.3) is 0 Å². The molecule has 0 radical (unpaired) electrons. The van der Waals surface area contributed by atoms with Gasteiger partial charge in [-0.25, -0.2) is 13.2 Å². The number of carbonyl (C=O) groups is 2. The number of ether oxygens (including phenoxy) is 1. The van der Waals surface area contributed by atoms with E-state index in [9.17, 15) is 18.0 Å². The molecule has 0 N–H and O–H groups in total. The fourth-order valence-electron chi connectivity index (χ4n) is 3.12. The first kappa shape index (κ1) is 21.7. The fourth-order valence-corrected chi connectivity index (χ4v) is 5.09. The Bertz CT molecular complexity index is 996. The van der Waals surface area contributed by atoms with E-state index in [0.29, 0.717) is 29.0 Å². The zero-order valence-corrected chi connectivity index (χ0v) is 18.4. The van der Waals surface area contributed by atoms with Gasteiger partial charge < -0.3 is 4.74 Å². The summed E-state index contributed by atoms with van der Waals surface area (Å²) in [5.41, 5.74) is 0.619. The number of rotatable bonds is 6. The smallest absolute Gasteiger partial charge is 0.338 e. The molecule has 0 amide bonds. The second-order valence-electron chi connectivity index (χ2n) is 7.09. The molecule has 6 nitrogen and oxygen atoms in total. The van der Waals surface area contributed by atoms with E-state index in [1.807, 2.05) is 0 Å². The van der Waals surface area contributed by atoms with E-state index in [4.69, 9.17) is 4.74 Å². The van der Waals surface area contributed by atoms with Crippen LogP contribution in [0.5, 0.6) is 0 Å². The number of halogens is 1. The molecule has 0 spiro atoms. The molecule has 1 heterocycles. The van der Waals surface area contributed by atoms with Crippen molar-refractivity contribution in [3.63, 3.8) is 0 Å². The molecule has 0 aromatic heterocycles. The summed E-state index contributed by atoms with van der Waals surface area (Å²) < 4.78 is 32.7. The van der Waals surface area contributed by atoms with Gasteiger partial charge in [-0.1, -0.05) is 41.1 Å².